The third-order valence-electron chi connectivity index (χ3n) is 5.26. The number of aryl methyl sites for hydroxylation is 1. The van der Waals surface area contributed by atoms with Crippen LogP contribution in [-0.4, -0.2) is 45.2 Å². The molecule has 0 atom stereocenters. The van der Waals surface area contributed by atoms with Crippen molar-refractivity contribution < 1.29 is 9.53 Å². The number of carbonyl (C=O) groups excluding carboxylic acids is 1. The molecule has 3 aromatic rings. The Bertz CT molecular complexity index is 1130. The highest BCUT2D eigenvalue weighted by molar-refractivity contribution is 7.98. The van der Waals surface area contributed by atoms with E-state index in [1.165, 1.54) is 23.1 Å². The van der Waals surface area contributed by atoms with Gasteiger partial charge in [-0.05, 0) is 36.4 Å². The Morgan fingerprint density at radius 1 is 1.31 bits per heavy atom. The lowest BCUT2D eigenvalue weighted by Gasteiger charge is -2.44. The van der Waals surface area contributed by atoms with E-state index in [2.05, 4.69) is 9.97 Å². The molecule has 0 bridgehead atoms. The van der Waals surface area contributed by atoms with E-state index in [4.69, 9.17) is 21.3 Å². The molecule has 29 heavy (non-hydrogen) atoms. The highest BCUT2D eigenvalue weighted by Crippen LogP contribution is 2.49. The van der Waals surface area contributed by atoms with E-state index in [1.807, 2.05) is 42.3 Å². The first-order valence-electron chi connectivity index (χ1n) is 9.05. The maximum atomic E-state index is 13.3. The van der Waals surface area contributed by atoms with E-state index < -0.39 is 5.54 Å². The lowest BCUT2D eigenvalue weighted by atomic mass is 9.95. The summed E-state index contributed by atoms with van der Waals surface area (Å²) in [6.07, 6.45) is 3.74. The van der Waals surface area contributed by atoms with Crippen LogP contribution < -0.4 is 0 Å². The summed E-state index contributed by atoms with van der Waals surface area (Å²) in [7, 11) is 0. The fourth-order valence-corrected chi connectivity index (χ4v) is 5.53. The van der Waals surface area contributed by atoms with Gasteiger partial charge in [0.25, 0.3) is 5.91 Å². The summed E-state index contributed by atoms with van der Waals surface area (Å²) in [5.74, 6) is -0.0671. The number of fused-ring (bicyclic) bond motifs is 2. The Hall–Kier alpha value is -2.00. The van der Waals surface area contributed by atoms with Crippen molar-refractivity contribution in [2.45, 2.75) is 24.2 Å². The maximum Gasteiger partial charge on any atom is 0.274 e. The number of ether oxygens (including phenoxy) is 1. The average Bonchev–Trinajstić information content (AvgIpc) is 3.20. The Morgan fingerprint density at radius 2 is 2.14 bits per heavy atom. The molecule has 0 saturated carbocycles. The van der Waals surface area contributed by atoms with Gasteiger partial charge in [-0.1, -0.05) is 35.5 Å². The van der Waals surface area contributed by atoms with Crippen molar-refractivity contribution in [3.63, 3.8) is 0 Å². The lowest BCUT2D eigenvalue weighted by Crippen LogP contribution is -2.56. The van der Waals surface area contributed by atoms with Crippen LogP contribution in [0, 0.1) is 6.92 Å². The van der Waals surface area contributed by atoms with Crippen LogP contribution in [0.5, 0.6) is 0 Å². The number of hydrogen-bond donors (Lipinski definition) is 0. The largest absolute Gasteiger partial charge is 0.376 e. The van der Waals surface area contributed by atoms with Crippen molar-refractivity contribution in [1.82, 2.24) is 19.9 Å². The van der Waals surface area contributed by atoms with Gasteiger partial charge in [-0.15, -0.1) is 11.3 Å². The van der Waals surface area contributed by atoms with Crippen LogP contribution in [0.15, 0.2) is 35.6 Å². The second kappa shape index (κ2) is 7.05. The average molecular weight is 445 g/mol. The Balaban J connectivity index is 1.54. The van der Waals surface area contributed by atoms with Crippen LogP contribution in [0.4, 0.5) is 0 Å². The molecule has 1 aromatic carbocycles. The normalized spacial score (nSPS) is 16.9. The van der Waals surface area contributed by atoms with E-state index in [9.17, 15) is 4.79 Å². The summed E-state index contributed by atoms with van der Waals surface area (Å²) in [5.41, 5.74) is 2.78. The molecular weight excluding hydrogens is 428 g/mol. The van der Waals surface area contributed by atoms with Gasteiger partial charge in [0.15, 0.2) is 5.16 Å². The Labute approximate surface area is 181 Å². The number of halogens is 1. The van der Waals surface area contributed by atoms with Crippen LogP contribution in [-0.2, 0) is 16.8 Å². The van der Waals surface area contributed by atoms with Crippen molar-refractivity contribution in [3.8, 4) is 10.7 Å². The van der Waals surface area contributed by atoms with Crippen LogP contribution in [0.2, 0.25) is 5.02 Å². The minimum absolute atomic E-state index is 0.0671. The zero-order chi connectivity index (χ0) is 20.2. The highest BCUT2D eigenvalue weighted by atomic mass is 35.5. The van der Waals surface area contributed by atoms with Crippen molar-refractivity contribution in [2.24, 2.45) is 0 Å². The van der Waals surface area contributed by atoms with E-state index in [1.54, 1.807) is 6.20 Å². The molecule has 2 aliphatic heterocycles. The van der Waals surface area contributed by atoms with Crippen LogP contribution in [0.1, 0.15) is 26.5 Å². The highest BCUT2D eigenvalue weighted by Gasteiger charge is 2.57. The first kappa shape index (κ1) is 19.0. The number of nitrogens with zero attached hydrogens (tertiary/aromatic N) is 4. The number of benzene rings is 1. The monoisotopic (exact) mass is 444 g/mol. The maximum absolute atomic E-state index is 13.3. The van der Waals surface area contributed by atoms with Crippen molar-refractivity contribution in [1.29, 1.82) is 0 Å². The second-order valence-corrected chi connectivity index (χ2v) is 9.34. The van der Waals surface area contributed by atoms with Gasteiger partial charge in [0.2, 0.25) is 0 Å². The molecule has 2 aromatic heterocycles. The predicted octanol–water partition coefficient (Wildman–Crippen LogP) is 4.17. The summed E-state index contributed by atoms with van der Waals surface area (Å²) in [6, 6.07) is 7.60. The molecule has 0 radical (unpaired) electrons. The van der Waals surface area contributed by atoms with Gasteiger partial charge < -0.3 is 9.64 Å². The molecule has 0 aliphatic carbocycles. The minimum Gasteiger partial charge on any atom is -0.376 e. The number of hydrogen-bond acceptors (Lipinski definition) is 7. The quantitative estimate of drug-likeness (QED) is 0.444. The molecule has 1 spiro atoms. The van der Waals surface area contributed by atoms with Crippen LogP contribution in [0.3, 0.4) is 0 Å². The molecule has 6 nitrogen and oxygen atoms in total. The molecule has 1 saturated heterocycles. The third-order valence-corrected chi connectivity index (χ3v) is 7.31. The van der Waals surface area contributed by atoms with E-state index >= 15 is 0 Å². The summed E-state index contributed by atoms with van der Waals surface area (Å²) in [4.78, 5) is 29.8. The van der Waals surface area contributed by atoms with Gasteiger partial charge in [0.05, 0.1) is 18.1 Å². The lowest BCUT2D eigenvalue weighted by molar-refractivity contribution is -0.126. The van der Waals surface area contributed by atoms with Gasteiger partial charge in [0.1, 0.15) is 21.9 Å². The van der Waals surface area contributed by atoms with E-state index in [0.29, 0.717) is 35.6 Å². The first-order chi connectivity index (χ1) is 14.0. The van der Waals surface area contributed by atoms with E-state index in [-0.39, 0.29) is 5.91 Å². The second-order valence-electron chi connectivity index (χ2n) is 7.13. The zero-order valence-corrected chi connectivity index (χ0v) is 18.2. The molecule has 1 fully saturated rings. The molecule has 0 N–H and O–H groups in total. The molecule has 148 valence electrons. The van der Waals surface area contributed by atoms with Crippen LogP contribution in [0.25, 0.3) is 10.7 Å². The molecule has 2 aliphatic rings. The molecule has 9 heteroatoms. The Kier molecular flexibility index (Phi) is 4.62. The topological polar surface area (TPSA) is 68.2 Å². The molecule has 0 unspecified atom stereocenters. The fourth-order valence-electron chi connectivity index (χ4n) is 3.69. The van der Waals surface area contributed by atoms with Crippen molar-refractivity contribution in [2.75, 3.05) is 19.5 Å². The van der Waals surface area contributed by atoms with Crippen molar-refractivity contribution in [3.05, 3.63) is 57.2 Å². The van der Waals surface area contributed by atoms with Gasteiger partial charge in [-0.25, -0.2) is 15.0 Å². The predicted molar refractivity (Wildman–Crippen MR) is 113 cm³/mol. The Morgan fingerprint density at radius 3 is 2.83 bits per heavy atom. The van der Waals surface area contributed by atoms with Gasteiger partial charge in [-0.2, -0.15) is 0 Å². The van der Waals surface area contributed by atoms with Crippen molar-refractivity contribution >= 4 is 40.6 Å². The standard InChI is InChI=1S/C20H17ClN4O2S2/c1-11-7-22-19(28-2)24-14(11)17-23-15-16(29-17)20(9-27-10-20)25(18(15)26)8-12-4-3-5-13(21)6-12/h3-7H,8-10H2,1-2H3. The molecule has 5 rings (SSSR count). The third kappa shape index (κ3) is 2.97. The minimum atomic E-state index is -0.450. The van der Waals surface area contributed by atoms with Gasteiger partial charge >= 0.3 is 0 Å². The SMILES string of the molecule is CSc1ncc(C)c(-c2nc3c(s2)C2(COC2)N(Cc2cccc(Cl)c2)C3=O)n1. The number of rotatable bonds is 4. The van der Waals surface area contributed by atoms with Crippen LogP contribution >= 0.6 is 34.7 Å². The van der Waals surface area contributed by atoms with Gasteiger partial charge in [0, 0.05) is 17.8 Å². The molecule has 4 heterocycles. The fraction of sp³-hybridized carbons (Fsp3) is 0.300. The summed E-state index contributed by atoms with van der Waals surface area (Å²) in [6.45, 7) is 3.39. The van der Waals surface area contributed by atoms with Gasteiger partial charge in [-0.3, -0.25) is 4.79 Å². The molecular formula is C20H17ClN4O2S2. The smallest absolute Gasteiger partial charge is 0.274 e. The van der Waals surface area contributed by atoms with E-state index in [0.717, 1.165) is 26.7 Å². The number of amides is 1. The number of aromatic nitrogens is 3. The number of carbonyl (C=O) groups is 1. The zero-order valence-electron chi connectivity index (χ0n) is 15.8. The summed E-state index contributed by atoms with van der Waals surface area (Å²) >= 11 is 9.15. The molecule has 1 amide bonds. The summed E-state index contributed by atoms with van der Waals surface area (Å²) < 4.78 is 5.56. The number of thioether (sulfide) groups is 1. The number of thiazole rings is 1. The first-order valence-corrected chi connectivity index (χ1v) is 11.5. The summed E-state index contributed by atoms with van der Waals surface area (Å²) in [5, 5.41) is 2.11.